The average molecular weight is 310 g/mol. The number of hydrogen-bond acceptors (Lipinski definition) is 5. The van der Waals surface area contributed by atoms with Crippen LogP contribution in [0.4, 0.5) is 5.69 Å². The quantitative estimate of drug-likeness (QED) is 0.370. The lowest BCUT2D eigenvalue weighted by Crippen LogP contribution is -2.39. The van der Waals surface area contributed by atoms with E-state index in [1.54, 1.807) is 6.92 Å². The molecule has 21 heavy (non-hydrogen) atoms. The minimum absolute atomic E-state index is 0.105. The van der Waals surface area contributed by atoms with E-state index in [2.05, 4.69) is 0 Å². The van der Waals surface area contributed by atoms with Crippen molar-refractivity contribution in [3.05, 3.63) is 38.9 Å². The fourth-order valence-electron chi connectivity index (χ4n) is 2.38. The van der Waals surface area contributed by atoms with E-state index < -0.39 is 39.8 Å². The van der Waals surface area contributed by atoms with Gasteiger partial charge in [-0.2, -0.15) is 0 Å². The van der Waals surface area contributed by atoms with Crippen LogP contribution in [-0.4, -0.2) is 22.3 Å². The Kier molecular flexibility index (Phi) is 4.18. The summed E-state index contributed by atoms with van der Waals surface area (Å²) in [4.78, 5) is 46.6. The Morgan fingerprint density at radius 1 is 1.38 bits per heavy atom. The number of rotatable bonds is 3. The zero-order valence-corrected chi connectivity index (χ0v) is 11.9. The molecule has 2 rings (SSSR count). The molecule has 1 aliphatic carbocycles. The molecule has 2 atom stereocenters. The molecule has 1 aromatic rings. The molecular formula is C14H12ClNO5. The van der Waals surface area contributed by atoms with Crippen molar-refractivity contribution in [2.24, 2.45) is 11.8 Å². The number of Topliss-reactive ketones (excluding diaryl/α,β-unsaturated/α-hetero) is 3. The first-order valence-corrected chi connectivity index (χ1v) is 6.75. The van der Waals surface area contributed by atoms with Crippen LogP contribution in [0.2, 0.25) is 5.02 Å². The highest BCUT2D eigenvalue weighted by molar-refractivity contribution is 6.31. The van der Waals surface area contributed by atoms with Crippen molar-refractivity contribution in [2.75, 3.05) is 0 Å². The zero-order chi connectivity index (χ0) is 15.7. The zero-order valence-electron chi connectivity index (χ0n) is 11.2. The Labute approximate surface area is 125 Å². The lowest BCUT2D eigenvalue weighted by molar-refractivity contribution is -0.385. The van der Waals surface area contributed by atoms with Gasteiger partial charge in [-0.3, -0.25) is 24.5 Å². The summed E-state index contributed by atoms with van der Waals surface area (Å²) < 4.78 is 0. The normalized spacial score (nSPS) is 22.2. The van der Waals surface area contributed by atoms with Crippen LogP contribution >= 0.6 is 11.6 Å². The van der Waals surface area contributed by atoms with E-state index in [-0.39, 0.29) is 17.0 Å². The van der Waals surface area contributed by atoms with Gasteiger partial charge in [0.25, 0.3) is 5.69 Å². The van der Waals surface area contributed by atoms with Gasteiger partial charge in [0.05, 0.1) is 10.5 Å². The van der Waals surface area contributed by atoms with Crippen LogP contribution in [0.25, 0.3) is 0 Å². The van der Waals surface area contributed by atoms with Crippen LogP contribution < -0.4 is 0 Å². The van der Waals surface area contributed by atoms with E-state index in [0.717, 1.165) is 6.07 Å². The molecule has 0 amide bonds. The molecule has 1 saturated carbocycles. The lowest BCUT2D eigenvalue weighted by atomic mass is 9.76. The summed E-state index contributed by atoms with van der Waals surface area (Å²) in [7, 11) is 0. The van der Waals surface area contributed by atoms with Crippen LogP contribution in [0.15, 0.2) is 18.2 Å². The van der Waals surface area contributed by atoms with Gasteiger partial charge in [-0.15, -0.1) is 0 Å². The standard InChI is InChI=1S/C14H12ClNO5/c1-7-2-5-11(17)12(13(7)18)14(19)9-4-3-8(15)6-10(9)16(20)21/h3-4,6-7,12H,2,5H2,1H3. The van der Waals surface area contributed by atoms with Gasteiger partial charge in [0, 0.05) is 23.4 Å². The van der Waals surface area contributed by atoms with Crippen molar-refractivity contribution in [2.45, 2.75) is 19.8 Å². The molecule has 0 radical (unpaired) electrons. The third-order valence-corrected chi connectivity index (χ3v) is 3.84. The summed E-state index contributed by atoms with van der Waals surface area (Å²) in [6.45, 7) is 1.64. The summed E-state index contributed by atoms with van der Waals surface area (Å²) >= 11 is 5.68. The van der Waals surface area contributed by atoms with E-state index in [1.165, 1.54) is 12.1 Å². The Hall–Kier alpha value is -2.08. The van der Waals surface area contributed by atoms with Gasteiger partial charge in [-0.05, 0) is 18.6 Å². The molecule has 0 aromatic heterocycles. The van der Waals surface area contributed by atoms with E-state index in [4.69, 9.17) is 11.6 Å². The van der Waals surface area contributed by atoms with Gasteiger partial charge in [0.15, 0.2) is 17.3 Å². The highest BCUT2D eigenvalue weighted by atomic mass is 35.5. The third kappa shape index (κ3) is 2.85. The van der Waals surface area contributed by atoms with Crippen LogP contribution in [0.1, 0.15) is 30.1 Å². The smallest absolute Gasteiger partial charge is 0.281 e. The first-order valence-electron chi connectivity index (χ1n) is 6.37. The maximum atomic E-state index is 12.4. The van der Waals surface area contributed by atoms with E-state index in [1.807, 2.05) is 0 Å². The molecular weight excluding hydrogens is 298 g/mol. The van der Waals surface area contributed by atoms with Gasteiger partial charge >= 0.3 is 0 Å². The molecule has 0 bridgehead atoms. The Bertz CT molecular complexity index is 655. The molecule has 0 spiro atoms. The fraction of sp³-hybridized carbons (Fsp3) is 0.357. The van der Waals surface area contributed by atoms with E-state index >= 15 is 0 Å². The topological polar surface area (TPSA) is 94.3 Å². The largest absolute Gasteiger partial charge is 0.298 e. The number of nitrogens with zero attached hydrogens (tertiary/aromatic N) is 1. The van der Waals surface area contributed by atoms with Crippen molar-refractivity contribution >= 4 is 34.6 Å². The number of nitro benzene ring substituents is 1. The third-order valence-electron chi connectivity index (χ3n) is 3.60. The van der Waals surface area contributed by atoms with Crippen LogP contribution in [-0.2, 0) is 9.59 Å². The Morgan fingerprint density at radius 2 is 2.05 bits per heavy atom. The molecule has 1 fully saturated rings. The SMILES string of the molecule is CC1CCC(=O)C(C(=O)c2ccc(Cl)cc2[N+](=O)[O-])C1=O. The highest BCUT2D eigenvalue weighted by Gasteiger charge is 2.41. The second-order valence-electron chi connectivity index (χ2n) is 5.02. The highest BCUT2D eigenvalue weighted by Crippen LogP contribution is 2.30. The number of benzene rings is 1. The van der Waals surface area contributed by atoms with Gasteiger partial charge in [0.1, 0.15) is 5.92 Å². The molecule has 0 aliphatic heterocycles. The second kappa shape index (κ2) is 5.73. The van der Waals surface area contributed by atoms with Crippen molar-refractivity contribution in [1.82, 2.24) is 0 Å². The van der Waals surface area contributed by atoms with Crippen LogP contribution in [0.5, 0.6) is 0 Å². The first kappa shape index (κ1) is 15.3. The van der Waals surface area contributed by atoms with Crippen molar-refractivity contribution in [1.29, 1.82) is 0 Å². The molecule has 2 unspecified atom stereocenters. The summed E-state index contributed by atoms with van der Waals surface area (Å²) in [6.07, 6.45) is 0.537. The van der Waals surface area contributed by atoms with Crippen molar-refractivity contribution in [3.63, 3.8) is 0 Å². The maximum absolute atomic E-state index is 12.4. The minimum atomic E-state index is -1.44. The Morgan fingerprint density at radius 3 is 2.67 bits per heavy atom. The summed E-state index contributed by atoms with van der Waals surface area (Å²) in [5, 5.41) is 11.1. The molecule has 0 N–H and O–H groups in total. The molecule has 0 heterocycles. The minimum Gasteiger partial charge on any atom is -0.298 e. The van der Waals surface area contributed by atoms with Gasteiger partial charge < -0.3 is 0 Å². The molecule has 7 heteroatoms. The number of nitro groups is 1. The van der Waals surface area contributed by atoms with E-state index in [9.17, 15) is 24.5 Å². The molecule has 1 aliphatic rings. The van der Waals surface area contributed by atoms with Crippen molar-refractivity contribution in [3.8, 4) is 0 Å². The molecule has 6 nitrogen and oxygen atoms in total. The lowest BCUT2D eigenvalue weighted by Gasteiger charge is -2.23. The van der Waals surface area contributed by atoms with Crippen molar-refractivity contribution < 1.29 is 19.3 Å². The van der Waals surface area contributed by atoms with Gasteiger partial charge in [0.2, 0.25) is 0 Å². The summed E-state index contributed by atoms with van der Waals surface area (Å²) in [5.41, 5.74) is -0.753. The number of hydrogen-bond donors (Lipinski definition) is 0. The predicted octanol–water partition coefficient (Wildman–Crippen LogP) is 2.62. The average Bonchev–Trinajstić information content (AvgIpc) is 2.43. The fourth-order valence-corrected chi connectivity index (χ4v) is 2.55. The molecule has 110 valence electrons. The van der Waals surface area contributed by atoms with Gasteiger partial charge in [-0.25, -0.2) is 0 Å². The van der Waals surface area contributed by atoms with Gasteiger partial charge in [-0.1, -0.05) is 18.5 Å². The van der Waals surface area contributed by atoms with Crippen LogP contribution in [0, 0.1) is 22.0 Å². The first-order chi connectivity index (χ1) is 9.82. The Balaban J connectivity index is 2.46. The number of carbonyl (C=O) groups excluding carboxylic acids is 3. The summed E-state index contributed by atoms with van der Waals surface area (Å²) in [5.74, 6) is -3.61. The summed E-state index contributed by atoms with van der Waals surface area (Å²) in [6, 6.07) is 3.54. The molecule has 1 aromatic carbocycles. The molecule has 0 saturated heterocycles. The maximum Gasteiger partial charge on any atom is 0.281 e. The predicted molar refractivity (Wildman–Crippen MR) is 74.3 cm³/mol. The monoisotopic (exact) mass is 309 g/mol. The second-order valence-corrected chi connectivity index (χ2v) is 5.46. The number of halogens is 1. The van der Waals surface area contributed by atoms with E-state index in [0.29, 0.717) is 6.42 Å². The number of carbonyl (C=O) groups is 3. The number of ketones is 3. The van der Waals surface area contributed by atoms with Crippen LogP contribution in [0.3, 0.4) is 0 Å².